The highest BCUT2D eigenvalue weighted by Gasteiger charge is 2.12. The molecule has 0 bridgehead atoms. The van der Waals surface area contributed by atoms with Gasteiger partial charge in [-0.2, -0.15) is 5.10 Å². The fourth-order valence-electron chi connectivity index (χ4n) is 2.37. The molecule has 0 aliphatic carbocycles. The van der Waals surface area contributed by atoms with E-state index < -0.39 is 0 Å². The Morgan fingerprint density at radius 2 is 1.95 bits per heavy atom. The first-order chi connectivity index (χ1) is 10.7. The minimum absolute atomic E-state index is 0.274. The molecule has 1 aromatic carbocycles. The number of rotatable bonds is 5. The third-order valence-electron chi connectivity index (χ3n) is 3.83. The van der Waals surface area contributed by atoms with Crippen molar-refractivity contribution in [3.05, 3.63) is 72.6 Å². The monoisotopic (exact) mass is 293 g/mol. The molecule has 0 amide bonds. The van der Waals surface area contributed by atoms with Gasteiger partial charge in [0, 0.05) is 18.8 Å². The number of hydrogen-bond donors (Lipinski definition) is 0. The first kappa shape index (κ1) is 14.4. The summed E-state index contributed by atoms with van der Waals surface area (Å²) in [6.07, 6.45) is 5.08. The molecule has 112 valence electrons. The van der Waals surface area contributed by atoms with Gasteiger partial charge in [-0.05, 0) is 43.8 Å². The van der Waals surface area contributed by atoms with Gasteiger partial charge in [-0.3, -0.25) is 9.88 Å². The van der Waals surface area contributed by atoms with Crippen LogP contribution in [-0.4, -0.2) is 31.7 Å². The molecule has 5 nitrogen and oxygen atoms in total. The summed E-state index contributed by atoms with van der Waals surface area (Å²) < 4.78 is 1.75. The number of aromatic nitrogens is 4. The lowest BCUT2D eigenvalue weighted by atomic mass is 10.1. The van der Waals surface area contributed by atoms with E-state index in [-0.39, 0.29) is 6.04 Å². The van der Waals surface area contributed by atoms with Crippen LogP contribution in [0, 0.1) is 0 Å². The highest BCUT2D eigenvalue weighted by Crippen LogP contribution is 2.19. The summed E-state index contributed by atoms with van der Waals surface area (Å²) in [5, 5.41) is 4.13. The molecule has 3 rings (SSSR count). The summed E-state index contributed by atoms with van der Waals surface area (Å²) in [6.45, 7) is 3.04. The van der Waals surface area contributed by atoms with Crippen LogP contribution in [-0.2, 0) is 6.54 Å². The standard InChI is InChI=1S/C17H19N5/c1-14(17-5-3-4-10-19-17)21(2)11-15-6-8-16(9-7-15)22-13-18-12-20-22/h3-10,12-14H,11H2,1-2H3. The average Bonchev–Trinajstić information content (AvgIpc) is 3.10. The summed E-state index contributed by atoms with van der Waals surface area (Å²) in [4.78, 5) is 10.7. The molecule has 22 heavy (non-hydrogen) atoms. The van der Waals surface area contributed by atoms with E-state index in [1.54, 1.807) is 11.0 Å². The minimum Gasteiger partial charge on any atom is -0.294 e. The van der Waals surface area contributed by atoms with Crippen LogP contribution in [0.3, 0.4) is 0 Å². The third kappa shape index (κ3) is 3.20. The largest absolute Gasteiger partial charge is 0.294 e. The lowest BCUT2D eigenvalue weighted by Gasteiger charge is -2.24. The van der Waals surface area contributed by atoms with E-state index in [0.29, 0.717) is 0 Å². The van der Waals surface area contributed by atoms with Crippen molar-refractivity contribution in [2.75, 3.05) is 7.05 Å². The Bertz CT molecular complexity index is 692. The fourth-order valence-corrected chi connectivity index (χ4v) is 2.37. The van der Waals surface area contributed by atoms with Crippen molar-refractivity contribution in [3.8, 4) is 5.69 Å². The van der Waals surface area contributed by atoms with Crippen LogP contribution in [0.2, 0.25) is 0 Å². The van der Waals surface area contributed by atoms with E-state index in [2.05, 4.69) is 64.3 Å². The zero-order chi connectivity index (χ0) is 15.4. The van der Waals surface area contributed by atoms with Crippen molar-refractivity contribution < 1.29 is 0 Å². The second-order valence-electron chi connectivity index (χ2n) is 5.35. The number of benzene rings is 1. The molecule has 5 heteroatoms. The Morgan fingerprint density at radius 1 is 1.14 bits per heavy atom. The van der Waals surface area contributed by atoms with Crippen molar-refractivity contribution in [2.45, 2.75) is 19.5 Å². The van der Waals surface area contributed by atoms with Crippen LogP contribution in [0.15, 0.2) is 61.3 Å². The fraction of sp³-hybridized carbons (Fsp3) is 0.235. The van der Waals surface area contributed by atoms with Gasteiger partial charge in [0.05, 0.1) is 11.4 Å². The molecule has 2 heterocycles. The third-order valence-corrected chi connectivity index (χ3v) is 3.83. The molecular weight excluding hydrogens is 274 g/mol. The summed E-state index contributed by atoms with van der Waals surface area (Å²) in [6, 6.07) is 14.7. The van der Waals surface area contributed by atoms with E-state index in [9.17, 15) is 0 Å². The summed E-state index contributed by atoms with van der Waals surface area (Å²) in [5.41, 5.74) is 3.36. The van der Waals surface area contributed by atoms with Crippen LogP contribution in [0.25, 0.3) is 5.69 Å². The van der Waals surface area contributed by atoms with Gasteiger partial charge in [0.1, 0.15) is 12.7 Å². The van der Waals surface area contributed by atoms with Crippen LogP contribution in [0.1, 0.15) is 24.2 Å². The Morgan fingerprint density at radius 3 is 2.59 bits per heavy atom. The van der Waals surface area contributed by atoms with Crippen molar-refractivity contribution >= 4 is 0 Å². The van der Waals surface area contributed by atoms with E-state index >= 15 is 0 Å². The van der Waals surface area contributed by atoms with Gasteiger partial charge in [0.15, 0.2) is 0 Å². The molecule has 2 aromatic heterocycles. The van der Waals surface area contributed by atoms with E-state index in [0.717, 1.165) is 17.9 Å². The predicted octanol–water partition coefficient (Wildman–Crippen LogP) is 2.86. The van der Waals surface area contributed by atoms with Gasteiger partial charge in [-0.25, -0.2) is 9.67 Å². The maximum absolute atomic E-state index is 4.43. The molecule has 1 unspecified atom stereocenters. The molecule has 0 saturated heterocycles. The smallest absolute Gasteiger partial charge is 0.138 e. The summed E-state index contributed by atoms with van der Waals surface area (Å²) >= 11 is 0. The maximum Gasteiger partial charge on any atom is 0.138 e. The van der Waals surface area contributed by atoms with Crippen LogP contribution >= 0.6 is 0 Å². The molecule has 1 atom stereocenters. The van der Waals surface area contributed by atoms with Crippen molar-refractivity contribution in [1.82, 2.24) is 24.6 Å². The molecule has 0 aliphatic heterocycles. The Labute approximate surface area is 130 Å². The lowest BCUT2D eigenvalue weighted by molar-refractivity contribution is 0.248. The van der Waals surface area contributed by atoms with Gasteiger partial charge in [0.25, 0.3) is 0 Å². The van der Waals surface area contributed by atoms with Crippen molar-refractivity contribution in [1.29, 1.82) is 0 Å². The second-order valence-corrected chi connectivity index (χ2v) is 5.35. The normalized spacial score (nSPS) is 12.5. The molecule has 0 spiro atoms. The van der Waals surface area contributed by atoms with Gasteiger partial charge in [0.2, 0.25) is 0 Å². The molecule has 0 radical (unpaired) electrons. The van der Waals surface area contributed by atoms with Gasteiger partial charge in [-0.15, -0.1) is 0 Å². The molecule has 0 saturated carbocycles. The van der Waals surface area contributed by atoms with Gasteiger partial charge in [-0.1, -0.05) is 18.2 Å². The SMILES string of the molecule is CC(c1ccccn1)N(C)Cc1ccc(-n2cncn2)cc1. The average molecular weight is 293 g/mol. The topological polar surface area (TPSA) is 46.8 Å². The van der Waals surface area contributed by atoms with Crippen LogP contribution < -0.4 is 0 Å². The van der Waals surface area contributed by atoms with Crippen molar-refractivity contribution in [2.24, 2.45) is 0 Å². The summed E-state index contributed by atoms with van der Waals surface area (Å²) in [5.74, 6) is 0. The molecule has 0 fully saturated rings. The van der Waals surface area contributed by atoms with E-state index in [4.69, 9.17) is 0 Å². The predicted molar refractivity (Wildman–Crippen MR) is 85.5 cm³/mol. The second kappa shape index (κ2) is 6.49. The number of pyridine rings is 1. The molecule has 0 aliphatic rings. The van der Waals surface area contributed by atoms with E-state index in [1.807, 2.05) is 18.3 Å². The quantitative estimate of drug-likeness (QED) is 0.725. The first-order valence-corrected chi connectivity index (χ1v) is 7.29. The first-order valence-electron chi connectivity index (χ1n) is 7.29. The number of nitrogens with zero attached hydrogens (tertiary/aromatic N) is 5. The highest BCUT2D eigenvalue weighted by atomic mass is 15.3. The highest BCUT2D eigenvalue weighted by molar-refractivity contribution is 5.33. The Kier molecular flexibility index (Phi) is 4.25. The Hall–Kier alpha value is -2.53. The zero-order valence-corrected chi connectivity index (χ0v) is 12.8. The Balaban J connectivity index is 1.68. The van der Waals surface area contributed by atoms with E-state index in [1.165, 1.54) is 11.9 Å². The summed E-state index contributed by atoms with van der Waals surface area (Å²) in [7, 11) is 2.12. The number of hydrogen-bond acceptors (Lipinski definition) is 4. The van der Waals surface area contributed by atoms with Gasteiger partial charge < -0.3 is 0 Å². The van der Waals surface area contributed by atoms with Crippen LogP contribution in [0.5, 0.6) is 0 Å². The molecule has 3 aromatic rings. The minimum atomic E-state index is 0.274. The van der Waals surface area contributed by atoms with Crippen molar-refractivity contribution in [3.63, 3.8) is 0 Å². The lowest BCUT2D eigenvalue weighted by Crippen LogP contribution is -2.22. The van der Waals surface area contributed by atoms with Gasteiger partial charge >= 0.3 is 0 Å². The maximum atomic E-state index is 4.43. The molecular formula is C17H19N5. The zero-order valence-electron chi connectivity index (χ0n) is 12.8. The molecule has 0 N–H and O–H groups in total. The van der Waals surface area contributed by atoms with Crippen LogP contribution in [0.4, 0.5) is 0 Å².